The lowest BCUT2D eigenvalue weighted by molar-refractivity contribution is -0.128. The van der Waals surface area contributed by atoms with E-state index in [0.717, 1.165) is 11.1 Å². The monoisotopic (exact) mass is 287 g/mol. The molecule has 1 amide bonds. The Kier molecular flexibility index (Phi) is 3.74. The van der Waals surface area contributed by atoms with Crippen LogP contribution in [0.1, 0.15) is 16.5 Å². The van der Waals surface area contributed by atoms with Crippen molar-refractivity contribution in [3.63, 3.8) is 0 Å². The Morgan fingerprint density at radius 1 is 1.10 bits per heavy atom. The number of carbonyl (C=O) groups excluding carboxylic acids is 1. The van der Waals surface area contributed by atoms with Crippen molar-refractivity contribution >= 4 is 17.7 Å². The second-order valence-corrected chi connectivity index (χ2v) is 5.79. The minimum absolute atomic E-state index is 0.0498. The van der Waals surface area contributed by atoms with Crippen LogP contribution in [-0.2, 0) is 11.3 Å². The Hall–Kier alpha value is -1.81. The first-order chi connectivity index (χ1) is 9.74. The molecule has 1 unspecified atom stereocenters. The van der Waals surface area contributed by atoms with Crippen molar-refractivity contribution in [2.45, 2.75) is 11.9 Å². The Labute approximate surface area is 121 Å². The van der Waals surface area contributed by atoms with Gasteiger partial charge in [0.25, 0.3) is 0 Å². The molecule has 2 aromatic carbocycles. The maximum Gasteiger partial charge on any atom is 0.234 e. The van der Waals surface area contributed by atoms with E-state index in [0.29, 0.717) is 12.3 Å². The molecule has 1 aliphatic heterocycles. The summed E-state index contributed by atoms with van der Waals surface area (Å²) in [6.45, 7) is 0.520. The van der Waals surface area contributed by atoms with Gasteiger partial charge < -0.3 is 4.90 Å². The Bertz CT molecular complexity index is 600. The van der Waals surface area contributed by atoms with E-state index < -0.39 is 0 Å². The molecule has 1 atom stereocenters. The zero-order chi connectivity index (χ0) is 13.9. The largest absolute Gasteiger partial charge is 0.322 e. The summed E-state index contributed by atoms with van der Waals surface area (Å²) in [5, 5.41) is 0.0498. The first-order valence-electron chi connectivity index (χ1n) is 6.44. The number of nitrogens with zero attached hydrogens (tertiary/aromatic N) is 1. The molecular formula is C16H14FNOS. The van der Waals surface area contributed by atoms with Gasteiger partial charge in [0.1, 0.15) is 11.2 Å². The van der Waals surface area contributed by atoms with Gasteiger partial charge in [0.15, 0.2) is 0 Å². The molecule has 2 aromatic rings. The lowest BCUT2D eigenvalue weighted by Crippen LogP contribution is -2.27. The van der Waals surface area contributed by atoms with Crippen LogP contribution in [0.4, 0.5) is 4.39 Å². The van der Waals surface area contributed by atoms with Gasteiger partial charge in [0.2, 0.25) is 5.91 Å². The highest BCUT2D eigenvalue weighted by molar-refractivity contribution is 8.00. The van der Waals surface area contributed by atoms with Gasteiger partial charge in [-0.1, -0.05) is 42.5 Å². The summed E-state index contributed by atoms with van der Waals surface area (Å²) < 4.78 is 12.9. The highest BCUT2D eigenvalue weighted by atomic mass is 32.2. The van der Waals surface area contributed by atoms with E-state index in [1.54, 1.807) is 23.9 Å². The van der Waals surface area contributed by atoms with Crippen LogP contribution in [0.25, 0.3) is 0 Å². The molecule has 20 heavy (non-hydrogen) atoms. The van der Waals surface area contributed by atoms with E-state index in [9.17, 15) is 9.18 Å². The number of rotatable bonds is 3. The van der Waals surface area contributed by atoms with Gasteiger partial charge in [0, 0.05) is 6.54 Å². The smallest absolute Gasteiger partial charge is 0.234 e. The number of carbonyl (C=O) groups is 1. The number of halogens is 1. The van der Waals surface area contributed by atoms with Crippen molar-refractivity contribution in [2.75, 3.05) is 5.75 Å². The van der Waals surface area contributed by atoms with Crippen LogP contribution >= 0.6 is 11.8 Å². The second-order valence-electron chi connectivity index (χ2n) is 4.72. The van der Waals surface area contributed by atoms with Crippen molar-refractivity contribution in [1.29, 1.82) is 0 Å². The van der Waals surface area contributed by atoms with Crippen molar-refractivity contribution in [3.8, 4) is 0 Å². The average molecular weight is 287 g/mol. The predicted molar refractivity (Wildman–Crippen MR) is 78.6 cm³/mol. The van der Waals surface area contributed by atoms with Crippen molar-refractivity contribution in [3.05, 3.63) is 71.5 Å². The SMILES string of the molecule is O=C1CSC(c2ccccc2)N1Cc1ccc(F)cc1. The van der Waals surface area contributed by atoms with Crippen molar-refractivity contribution < 1.29 is 9.18 Å². The average Bonchev–Trinajstić information content (AvgIpc) is 2.84. The first-order valence-corrected chi connectivity index (χ1v) is 7.49. The van der Waals surface area contributed by atoms with Crippen LogP contribution < -0.4 is 0 Å². The Balaban J connectivity index is 1.82. The van der Waals surface area contributed by atoms with E-state index in [1.807, 2.05) is 35.2 Å². The van der Waals surface area contributed by atoms with Crippen molar-refractivity contribution in [1.82, 2.24) is 4.90 Å². The van der Waals surface area contributed by atoms with Crippen LogP contribution in [0, 0.1) is 5.82 Å². The zero-order valence-electron chi connectivity index (χ0n) is 10.8. The minimum atomic E-state index is -0.254. The van der Waals surface area contributed by atoms with Gasteiger partial charge in [-0.25, -0.2) is 4.39 Å². The molecule has 4 heteroatoms. The summed E-state index contributed by atoms with van der Waals surface area (Å²) >= 11 is 1.64. The van der Waals surface area contributed by atoms with E-state index in [4.69, 9.17) is 0 Å². The summed E-state index contributed by atoms with van der Waals surface area (Å²) in [7, 11) is 0. The highest BCUT2D eigenvalue weighted by Gasteiger charge is 2.32. The van der Waals surface area contributed by atoms with Crippen LogP contribution in [0.15, 0.2) is 54.6 Å². The molecule has 3 rings (SSSR count). The quantitative estimate of drug-likeness (QED) is 0.859. The molecule has 1 heterocycles. The Morgan fingerprint density at radius 3 is 2.50 bits per heavy atom. The van der Waals surface area contributed by atoms with Gasteiger partial charge in [-0.3, -0.25) is 4.79 Å². The Morgan fingerprint density at radius 2 is 1.80 bits per heavy atom. The molecule has 2 nitrogen and oxygen atoms in total. The third kappa shape index (κ3) is 2.70. The van der Waals surface area contributed by atoms with E-state index >= 15 is 0 Å². The molecule has 0 aromatic heterocycles. The molecule has 0 bridgehead atoms. The molecule has 0 radical (unpaired) electrons. The molecule has 0 saturated carbocycles. The first kappa shape index (κ1) is 13.2. The summed E-state index contributed by atoms with van der Waals surface area (Å²) in [5.74, 6) is 0.379. The molecule has 1 fully saturated rings. The fourth-order valence-electron chi connectivity index (χ4n) is 2.31. The maximum atomic E-state index is 12.9. The normalized spacial score (nSPS) is 18.6. The summed E-state index contributed by atoms with van der Waals surface area (Å²) in [4.78, 5) is 13.9. The second kappa shape index (κ2) is 5.67. The lowest BCUT2D eigenvalue weighted by Gasteiger charge is -2.24. The number of thioether (sulfide) groups is 1. The lowest BCUT2D eigenvalue weighted by atomic mass is 10.1. The minimum Gasteiger partial charge on any atom is -0.322 e. The van der Waals surface area contributed by atoms with Gasteiger partial charge in [0.05, 0.1) is 5.75 Å². The predicted octanol–water partition coefficient (Wildman–Crippen LogP) is 3.60. The van der Waals surface area contributed by atoms with Gasteiger partial charge in [-0.05, 0) is 23.3 Å². The number of hydrogen-bond acceptors (Lipinski definition) is 2. The van der Waals surface area contributed by atoms with Gasteiger partial charge >= 0.3 is 0 Å². The van der Waals surface area contributed by atoms with E-state index in [-0.39, 0.29) is 17.1 Å². The molecule has 0 N–H and O–H groups in total. The maximum absolute atomic E-state index is 12.9. The van der Waals surface area contributed by atoms with Gasteiger partial charge in [-0.2, -0.15) is 0 Å². The molecule has 0 aliphatic carbocycles. The van der Waals surface area contributed by atoms with Crippen LogP contribution in [0.2, 0.25) is 0 Å². The van der Waals surface area contributed by atoms with Crippen LogP contribution in [0.5, 0.6) is 0 Å². The number of benzene rings is 2. The summed E-state index contributed by atoms with van der Waals surface area (Å²) in [6.07, 6.45) is 0. The molecule has 0 spiro atoms. The van der Waals surface area contributed by atoms with Crippen LogP contribution in [0.3, 0.4) is 0 Å². The van der Waals surface area contributed by atoms with E-state index in [2.05, 4.69) is 0 Å². The fraction of sp³-hybridized carbons (Fsp3) is 0.188. The topological polar surface area (TPSA) is 20.3 Å². The summed E-state index contributed by atoms with van der Waals surface area (Å²) in [6, 6.07) is 16.3. The molecular weight excluding hydrogens is 273 g/mol. The third-order valence-electron chi connectivity index (χ3n) is 3.32. The molecule has 1 saturated heterocycles. The number of hydrogen-bond donors (Lipinski definition) is 0. The van der Waals surface area contributed by atoms with Crippen molar-refractivity contribution in [2.24, 2.45) is 0 Å². The zero-order valence-corrected chi connectivity index (χ0v) is 11.6. The molecule has 1 aliphatic rings. The number of amides is 1. The van der Waals surface area contributed by atoms with Crippen LogP contribution in [-0.4, -0.2) is 16.6 Å². The standard InChI is InChI=1S/C16H14FNOS/c17-14-8-6-12(7-9-14)10-18-15(19)11-20-16(18)13-4-2-1-3-5-13/h1-9,16H,10-11H2. The summed E-state index contributed by atoms with van der Waals surface area (Å²) in [5.41, 5.74) is 2.08. The van der Waals surface area contributed by atoms with E-state index in [1.165, 1.54) is 12.1 Å². The third-order valence-corrected chi connectivity index (χ3v) is 4.58. The molecule has 102 valence electrons. The fourth-order valence-corrected chi connectivity index (χ4v) is 3.49. The highest BCUT2D eigenvalue weighted by Crippen LogP contribution is 2.39. The van der Waals surface area contributed by atoms with Gasteiger partial charge in [-0.15, -0.1) is 11.8 Å².